The van der Waals surface area contributed by atoms with Gasteiger partial charge in [0.05, 0.1) is 12.9 Å². The lowest BCUT2D eigenvalue weighted by atomic mass is 10.1. The molecule has 20 heavy (non-hydrogen) atoms. The minimum absolute atomic E-state index is 0.107. The van der Waals surface area contributed by atoms with Crippen LogP contribution in [0, 0.1) is 4.64 Å². The van der Waals surface area contributed by atoms with Gasteiger partial charge >= 0.3 is 0 Å². The number of rotatable bonds is 2. The summed E-state index contributed by atoms with van der Waals surface area (Å²) < 4.78 is 7.11. The topological polar surface area (TPSA) is 142 Å². The predicted octanol–water partition coefficient (Wildman–Crippen LogP) is -1.32. The molecule has 1 saturated heterocycles. The second kappa shape index (κ2) is 4.75. The molecule has 0 saturated carbocycles. The minimum atomic E-state index is -1.21. The van der Waals surface area contributed by atoms with Crippen molar-refractivity contribution in [3.63, 3.8) is 0 Å². The number of aromatic amines is 1. The van der Waals surface area contributed by atoms with E-state index in [-0.39, 0.29) is 10.6 Å². The van der Waals surface area contributed by atoms with Gasteiger partial charge in [-0.3, -0.25) is 4.57 Å². The molecular weight excluding hydrogens is 286 g/mol. The van der Waals surface area contributed by atoms with Crippen LogP contribution < -0.4 is 5.73 Å². The molecule has 0 spiro atoms. The number of nitrogen functional groups attached to an aromatic ring is 1. The highest BCUT2D eigenvalue weighted by Crippen LogP contribution is 2.31. The molecule has 0 amide bonds. The molecule has 1 aliphatic rings. The van der Waals surface area contributed by atoms with Gasteiger partial charge in [0.2, 0.25) is 0 Å². The number of anilines is 1. The molecule has 3 heterocycles. The Balaban J connectivity index is 2.09. The summed E-state index contributed by atoms with van der Waals surface area (Å²) in [6.07, 6.45) is -2.77. The molecule has 0 radical (unpaired) electrons. The standard InChI is InChI=1S/C10H13N5O4S/c11-10-13-7-4(8(20)14-10)12-2-15(7)9-6(18)5(17)3(1-16)19-9/h2-3,5-6,9,16-18H,1H2,(H3,11,13,14,20)/t3-,5+,6+,9+/m0/s1. The Bertz CT molecular complexity index is 701. The number of nitrogens with zero attached hydrogens (tertiary/aromatic N) is 3. The van der Waals surface area contributed by atoms with Gasteiger partial charge in [-0.05, 0) is 0 Å². The van der Waals surface area contributed by atoms with Crippen LogP contribution in [0.15, 0.2) is 6.33 Å². The molecule has 0 aromatic carbocycles. The van der Waals surface area contributed by atoms with Gasteiger partial charge in [-0.25, -0.2) is 9.97 Å². The summed E-state index contributed by atoms with van der Waals surface area (Å²) in [4.78, 5) is 10.8. The lowest BCUT2D eigenvalue weighted by Crippen LogP contribution is -2.33. The zero-order valence-electron chi connectivity index (χ0n) is 10.2. The number of aliphatic hydroxyl groups excluding tert-OH is 3. The third-order valence-electron chi connectivity index (χ3n) is 3.26. The van der Waals surface area contributed by atoms with Crippen LogP contribution in [0.4, 0.5) is 5.95 Å². The number of imidazole rings is 1. The van der Waals surface area contributed by atoms with Gasteiger partial charge in [0.15, 0.2) is 16.8 Å². The van der Waals surface area contributed by atoms with Crippen LogP contribution in [-0.4, -0.2) is 59.8 Å². The summed E-state index contributed by atoms with van der Waals surface area (Å²) in [5.74, 6) is 0.107. The monoisotopic (exact) mass is 299 g/mol. The van der Waals surface area contributed by atoms with E-state index >= 15 is 0 Å². The van der Waals surface area contributed by atoms with E-state index in [1.165, 1.54) is 10.9 Å². The van der Waals surface area contributed by atoms with E-state index < -0.39 is 31.1 Å². The Morgan fingerprint density at radius 1 is 1.45 bits per heavy atom. The normalized spacial score (nSPS) is 30.1. The average Bonchev–Trinajstić information content (AvgIpc) is 2.93. The number of ether oxygens (including phenoxy) is 1. The summed E-state index contributed by atoms with van der Waals surface area (Å²) >= 11 is 5.05. The van der Waals surface area contributed by atoms with Crippen LogP contribution in [0.1, 0.15) is 6.23 Å². The van der Waals surface area contributed by atoms with E-state index in [4.69, 9.17) is 27.8 Å². The fourth-order valence-corrected chi connectivity index (χ4v) is 2.50. The lowest BCUT2D eigenvalue weighted by Gasteiger charge is -2.16. The second-order valence-electron chi connectivity index (χ2n) is 4.51. The molecule has 10 heteroatoms. The van der Waals surface area contributed by atoms with Crippen molar-refractivity contribution in [3.05, 3.63) is 11.0 Å². The molecule has 3 rings (SSSR count). The highest BCUT2D eigenvalue weighted by molar-refractivity contribution is 7.71. The molecule has 108 valence electrons. The van der Waals surface area contributed by atoms with Crippen molar-refractivity contribution < 1.29 is 20.1 Å². The summed E-state index contributed by atoms with van der Waals surface area (Å²) in [5, 5.41) is 28.9. The van der Waals surface area contributed by atoms with Crippen molar-refractivity contribution >= 4 is 29.3 Å². The molecule has 9 nitrogen and oxygen atoms in total. The van der Waals surface area contributed by atoms with Gasteiger partial charge in [-0.1, -0.05) is 12.2 Å². The Hall–Kier alpha value is -1.59. The van der Waals surface area contributed by atoms with E-state index in [1.807, 2.05) is 0 Å². The molecule has 0 bridgehead atoms. The van der Waals surface area contributed by atoms with Gasteiger partial charge < -0.3 is 30.8 Å². The zero-order chi connectivity index (χ0) is 14.4. The van der Waals surface area contributed by atoms with Crippen LogP contribution in [0.25, 0.3) is 11.2 Å². The van der Waals surface area contributed by atoms with E-state index in [0.717, 1.165) is 0 Å². The van der Waals surface area contributed by atoms with Crippen molar-refractivity contribution in [1.82, 2.24) is 19.5 Å². The number of hydrogen-bond acceptors (Lipinski definition) is 8. The first-order valence-electron chi connectivity index (χ1n) is 5.87. The first-order chi connectivity index (χ1) is 9.52. The number of fused-ring (bicyclic) bond motifs is 1. The van der Waals surface area contributed by atoms with Gasteiger partial charge in [-0.15, -0.1) is 0 Å². The highest BCUT2D eigenvalue weighted by Gasteiger charge is 2.43. The van der Waals surface area contributed by atoms with Crippen molar-refractivity contribution in [3.8, 4) is 0 Å². The smallest absolute Gasteiger partial charge is 0.200 e. The Labute approximate surface area is 117 Å². The third kappa shape index (κ3) is 1.89. The van der Waals surface area contributed by atoms with E-state index in [0.29, 0.717) is 11.2 Å². The molecule has 2 aromatic heterocycles. The maximum atomic E-state index is 10.0. The van der Waals surface area contributed by atoms with E-state index in [9.17, 15) is 10.2 Å². The summed E-state index contributed by atoms with van der Waals surface area (Å²) in [7, 11) is 0. The van der Waals surface area contributed by atoms with Gasteiger partial charge in [-0.2, -0.15) is 0 Å². The average molecular weight is 299 g/mol. The van der Waals surface area contributed by atoms with E-state index in [2.05, 4.69) is 15.0 Å². The van der Waals surface area contributed by atoms with Crippen LogP contribution >= 0.6 is 12.2 Å². The summed E-state index contributed by atoms with van der Waals surface area (Å²) in [6.45, 7) is -0.402. The number of hydrogen-bond donors (Lipinski definition) is 5. The van der Waals surface area contributed by atoms with Gasteiger partial charge in [0, 0.05) is 0 Å². The Morgan fingerprint density at radius 2 is 2.20 bits per heavy atom. The zero-order valence-corrected chi connectivity index (χ0v) is 11.0. The molecule has 0 unspecified atom stereocenters. The minimum Gasteiger partial charge on any atom is -0.394 e. The quantitative estimate of drug-likeness (QED) is 0.430. The molecule has 0 aliphatic carbocycles. The molecule has 1 fully saturated rings. The number of aliphatic hydroxyl groups is 3. The fraction of sp³-hybridized carbons (Fsp3) is 0.500. The molecule has 2 aromatic rings. The number of aromatic nitrogens is 4. The molecule has 6 N–H and O–H groups in total. The van der Waals surface area contributed by atoms with Crippen LogP contribution in [0.2, 0.25) is 0 Å². The van der Waals surface area contributed by atoms with Crippen molar-refractivity contribution in [1.29, 1.82) is 0 Å². The number of nitrogens with two attached hydrogens (primary N) is 1. The van der Waals surface area contributed by atoms with Crippen molar-refractivity contribution in [2.75, 3.05) is 12.3 Å². The molecular formula is C10H13N5O4S. The molecule has 1 aliphatic heterocycles. The Morgan fingerprint density at radius 3 is 2.85 bits per heavy atom. The first-order valence-corrected chi connectivity index (χ1v) is 6.28. The predicted molar refractivity (Wildman–Crippen MR) is 70.1 cm³/mol. The second-order valence-corrected chi connectivity index (χ2v) is 4.89. The first kappa shape index (κ1) is 13.4. The SMILES string of the molecule is Nc1nc(=S)c2ncn([C@@H]3O[C@@H](CO)[C@@H](O)[C@H]3O)c2[nH]1. The van der Waals surface area contributed by atoms with Crippen molar-refractivity contribution in [2.24, 2.45) is 0 Å². The number of nitrogens with one attached hydrogen (secondary N) is 1. The van der Waals surface area contributed by atoms with Crippen LogP contribution in [0.5, 0.6) is 0 Å². The lowest BCUT2D eigenvalue weighted by molar-refractivity contribution is -0.0511. The summed E-state index contributed by atoms with van der Waals surface area (Å²) in [5.41, 5.74) is 6.44. The number of H-pyrrole nitrogens is 1. The van der Waals surface area contributed by atoms with E-state index in [1.54, 1.807) is 0 Å². The maximum absolute atomic E-state index is 10.0. The highest BCUT2D eigenvalue weighted by atomic mass is 32.1. The van der Waals surface area contributed by atoms with Gasteiger partial charge in [0.1, 0.15) is 29.5 Å². The van der Waals surface area contributed by atoms with Crippen LogP contribution in [0.3, 0.4) is 0 Å². The third-order valence-corrected chi connectivity index (χ3v) is 3.54. The fourth-order valence-electron chi connectivity index (χ4n) is 2.26. The van der Waals surface area contributed by atoms with Crippen LogP contribution in [-0.2, 0) is 4.74 Å². The maximum Gasteiger partial charge on any atom is 0.200 e. The Kier molecular flexibility index (Phi) is 3.18. The largest absolute Gasteiger partial charge is 0.394 e. The molecule has 4 atom stereocenters. The van der Waals surface area contributed by atoms with Gasteiger partial charge in [0.25, 0.3) is 0 Å². The van der Waals surface area contributed by atoms with Crippen molar-refractivity contribution in [2.45, 2.75) is 24.5 Å². The summed E-state index contributed by atoms with van der Waals surface area (Å²) in [6, 6.07) is 0.